The molecule has 3 N–H and O–H groups in total. The van der Waals surface area contributed by atoms with Crippen LogP contribution >= 0.6 is 0 Å². The maximum atomic E-state index is 9.84. The van der Waals surface area contributed by atoms with Crippen molar-refractivity contribution in [1.82, 2.24) is 5.32 Å². The average molecular weight is 253 g/mol. The van der Waals surface area contributed by atoms with Crippen molar-refractivity contribution in [3.8, 4) is 17.2 Å². The van der Waals surface area contributed by atoms with Crippen LogP contribution in [0.1, 0.15) is 25.8 Å². The van der Waals surface area contributed by atoms with Crippen LogP contribution in [0.3, 0.4) is 0 Å². The summed E-state index contributed by atoms with van der Waals surface area (Å²) in [4.78, 5) is 0. The first-order chi connectivity index (χ1) is 8.56. The van der Waals surface area contributed by atoms with E-state index in [4.69, 9.17) is 9.47 Å². The first-order valence-electron chi connectivity index (χ1n) is 6.09. The predicted molar refractivity (Wildman–Crippen MR) is 66.8 cm³/mol. The van der Waals surface area contributed by atoms with Crippen LogP contribution in [0.25, 0.3) is 0 Å². The fourth-order valence-corrected chi connectivity index (χ4v) is 1.99. The zero-order valence-electron chi connectivity index (χ0n) is 10.6. The Morgan fingerprint density at radius 1 is 1.28 bits per heavy atom. The maximum absolute atomic E-state index is 9.84. The third-order valence-electron chi connectivity index (χ3n) is 2.91. The van der Waals surface area contributed by atoms with E-state index in [-0.39, 0.29) is 24.7 Å². The van der Waals surface area contributed by atoms with Crippen LogP contribution in [-0.4, -0.2) is 29.2 Å². The van der Waals surface area contributed by atoms with Crippen molar-refractivity contribution in [1.29, 1.82) is 0 Å². The van der Waals surface area contributed by atoms with E-state index < -0.39 is 0 Å². The SMILES string of the molecule is CC(O)CC(C)NCc1cc2c(cc1O)OCO2. The van der Waals surface area contributed by atoms with Crippen molar-refractivity contribution in [2.45, 2.75) is 39.0 Å². The molecule has 0 saturated heterocycles. The first kappa shape index (κ1) is 13.0. The van der Waals surface area contributed by atoms with E-state index in [2.05, 4.69) is 5.32 Å². The summed E-state index contributed by atoms with van der Waals surface area (Å²) < 4.78 is 10.4. The number of benzene rings is 1. The number of aromatic hydroxyl groups is 1. The number of fused-ring (bicyclic) bond motifs is 1. The molecule has 2 unspecified atom stereocenters. The van der Waals surface area contributed by atoms with Crippen molar-refractivity contribution in [2.24, 2.45) is 0 Å². The van der Waals surface area contributed by atoms with Crippen LogP contribution < -0.4 is 14.8 Å². The van der Waals surface area contributed by atoms with Gasteiger partial charge in [0, 0.05) is 24.2 Å². The van der Waals surface area contributed by atoms with E-state index in [0.29, 0.717) is 24.5 Å². The van der Waals surface area contributed by atoms with Gasteiger partial charge in [0.1, 0.15) is 5.75 Å². The minimum absolute atomic E-state index is 0.176. The van der Waals surface area contributed by atoms with Crippen molar-refractivity contribution in [3.63, 3.8) is 0 Å². The summed E-state index contributed by atoms with van der Waals surface area (Å²) in [5.74, 6) is 1.43. The van der Waals surface area contributed by atoms with Gasteiger partial charge in [0.2, 0.25) is 6.79 Å². The molecule has 2 atom stereocenters. The number of aliphatic hydroxyl groups is 1. The molecule has 0 saturated carbocycles. The third-order valence-corrected chi connectivity index (χ3v) is 2.91. The van der Waals surface area contributed by atoms with E-state index >= 15 is 0 Å². The highest BCUT2D eigenvalue weighted by atomic mass is 16.7. The molecule has 0 bridgehead atoms. The summed E-state index contributed by atoms with van der Waals surface area (Å²) in [7, 11) is 0. The molecule has 1 aliphatic heterocycles. The minimum atomic E-state index is -0.335. The number of hydrogen-bond acceptors (Lipinski definition) is 5. The quantitative estimate of drug-likeness (QED) is 0.739. The molecule has 1 heterocycles. The lowest BCUT2D eigenvalue weighted by molar-refractivity contribution is 0.170. The number of nitrogens with one attached hydrogen (secondary N) is 1. The standard InChI is InChI=1S/C13H19NO4/c1-8(3-9(2)15)14-6-10-4-12-13(5-11(10)16)18-7-17-12/h4-5,8-9,14-16H,3,6-7H2,1-2H3. The fourth-order valence-electron chi connectivity index (χ4n) is 1.99. The van der Waals surface area contributed by atoms with Gasteiger partial charge in [-0.1, -0.05) is 0 Å². The molecule has 18 heavy (non-hydrogen) atoms. The van der Waals surface area contributed by atoms with Crippen molar-refractivity contribution >= 4 is 0 Å². The second-order valence-corrected chi connectivity index (χ2v) is 4.70. The second kappa shape index (κ2) is 5.46. The van der Waals surface area contributed by atoms with Crippen LogP contribution in [0.5, 0.6) is 17.2 Å². The molecule has 100 valence electrons. The molecule has 0 aromatic heterocycles. The summed E-state index contributed by atoms with van der Waals surface area (Å²) in [6.07, 6.45) is 0.337. The van der Waals surface area contributed by atoms with Crippen LogP contribution in [0.2, 0.25) is 0 Å². The van der Waals surface area contributed by atoms with Gasteiger partial charge in [0.25, 0.3) is 0 Å². The number of hydrogen-bond donors (Lipinski definition) is 3. The number of phenols is 1. The van der Waals surface area contributed by atoms with Crippen LogP contribution in [0.15, 0.2) is 12.1 Å². The Morgan fingerprint density at radius 3 is 2.61 bits per heavy atom. The van der Waals surface area contributed by atoms with E-state index in [0.717, 1.165) is 5.56 Å². The van der Waals surface area contributed by atoms with Gasteiger partial charge in [-0.05, 0) is 26.3 Å². The summed E-state index contributed by atoms with van der Waals surface area (Å²) >= 11 is 0. The molecule has 5 nitrogen and oxygen atoms in total. The molecule has 0 amide bonds. The van der Waals surface area contributed by atoms with Gasteiger partial charge < -0.3 is 25.0 Å². The zero-order chi connectivity index (χ0) is 13.1. The highest BCUT2D eigenvalue weighted by Gasteiger charge is 2.17. The number of rotatable bonds is 5. The smallest absolute Gasteiger partial charge is 0.231 e. The molecule has 5 heteroatoms. The monoisotopic (exact) mass is 253 g/mol. The summed E-state index contributed by atoms with van der Waals surface area (Å²) in [5.41, 5.74) is 0.761. The normalized spacial score (nSPS) is 16.6. The van der Waals surface area contributed by atoms with Gasteiger partial charge in [0.15, 0.2) is 11.5 Å². The van der Waals surface area contributed by atoms with Crippen molar-refractivity contribution < 1.29 is 19.7 Å². The highest BCUT2D eigenvalue weighted by Crippen LogP contribution is 2.37. The van der Waals surface area contributed by atoms with Crippen molar-refractivity contribution in [3.05, 3.63) is 17.7 Å². The van der Waals surface area contributed by atoms with Gasteiger partial charge in [0.05, 0.1) is 6.10 Å². The first-order valence-corrected chi connectivity index (χ1v) is 6.09. The van der Waals surface area contributed by atoms with Crippen LogP contribution in [-0.2, 0) is 6.54 Å². The van der Waals surface area contributed by atoms with Gasteiger partial charge in [-0.25, -0.2) is 0 Å². The molecule has 0 spiro atoms. The summed E-state index contributed by atoms with van der Waals surface area (Å²) in [6, 6.07) is 3.52. The minimum Gasteiger partial charge on any atom is -0.507 e. The highest BCUT2D eigenvalue weighted by molar-refractivity contribution is 5.51. The lowest BCUT2D eigenvalue weighted by atomic mass is 10.1. The van der Waals surface area contributed by atoms with Crippen LogP contribution in [0, 0.1) is 0 Å². The molecular formula is C13H19NO4. The van der Waals surface area contributed by atoms with Gasteiger partial charge in [-0.15, -0.1) is 0 Å². The van der Waals surface area contributed by atoms with E-state index in [9.17, 15) is 10.2 Å². The molecule has 1 aromatic carbocycles. The zero-order valence-corrected chi connectivity index (χ0v) is 10.6. The topological polar surface area (TPSA) is 71.0 Å². The Morgan fingerprint density at radius 2 is 1.94 bits per heavy atom. The predicted octanol–water partition coefficient (Wildman–Crippen LogP) is 1.37. The fraction of sp³-hybridized carbons (Fsp3) is 0.538. The third kappa shape index (κ3) is 3.05. The number of aliphatic hydroxyl groups excluding tert-OH is 1. The lowest BCUT2D eigenvalue weighted by Crippen LogP contribution is -2.28. The second-order valence-electron chi connectivity index (χ2n) is 4.70. The van der Waals surface area contributed by atoms with Crippen LogP contribution in [0.4, 0.5) is 0 Å². The summed E-state index contributed by atoms with van der Waals surface area (Å²) in [5, 5.41) is 22.4. The maximum Gasteiger partial charge on any atom is 0.231 e. The number of ether oxygens (including phenoxy) is 2. The van der Waals surface area contributed by atoms with Gasteiger partial charge in [-0.2, -0.15) is 0 Å². The molecule has 1 aromatic rings. The molecule has 0 radical (unpaired) electrons. The summed E-state index contributed by atoms with van der Waals surface area (Å²) in [6.45, 7) is 4.48. The Hall–Kier alpha value is -1.46. The number of phenolic OH excluding ortho intramolecular Hbond substituents is 1. The molecule has 1 aliphatic rings. The Kier molecular flexibility index (Phi) is 3.93. The van der Waals surface area contributed by atoms with Crippen molar-refractivity contribution in [2.75, 3.05) is 6.79 Å². The Bertz CT molecular complexity index is 420. The lowest BCUT2D eigenvalue weighted by Gasteiger charge is -2.16. The Balaban J connectivity index is 1.97. The van der Waals surface area contributed by atoms with E-state index in [1.807, 2.05) is 6.92 Å². The molecule has 0 aliphatic carbocycles. The molecule has 0 fully saturated rings. The van der Waals surface area contributed by atoms with E-state index in [1.165, 1.54) is 0 Å². The van der Waals surface area contributed by atoms with E-state index in [1.54, 1.807) is 19.1 Å². The van der Waals surface area contributed by atoms with Gasteiger partial charge >= 0.3 is 0 Å². The molecular weight excluding hydrogens is 234 g/mol. The van der Waals surface area contributed by atoms with Gasteiger partial charge in [-0.3, -0.25) is 0 Å². The average Bonchev–Trinajstić information content (AvgIpc) is 2.71. The largest absolute Gasteiger partial charge is 0.507 e. The molecule has 2 rings (SSSR count). The Labute approximate surface area is 106 Å².